The highest BCUT2D eigenvalue weighted by Gasteiger charge is 2.14. The molecule has 0 unspecified atom stereocenters. The van der Waals surface area contributed by atoms with Gasteiger partial charge in [0.05, 0.1) is 21.7 Å². The topological polar surface area (TPSA) is 43.8 Å². The van der Waals surface area contributed by atoms with Gasteiger partial charge >= 0.3 is 0 Å². The lowest BCUT2D eigenvalue weighted by Gasteiger charge is -2.08. The molecule has 0 amide bonds. The number of fused-ring (bicyclic) bond motifs is 1. The van der Waals surface area contributed by atoms with Crippen LogP contribution >= 0.6 is 11.6 Å². The summed E-state index contributed by atoms with van der Waals surface area (Å²) in [7, 11) is 0. The van der Waals surface area contributed by atoms with Gasteiger partial charge in [-0.05, 0) is 30.7 Å². The number of aromatic nitrogens is 2. The number of anilines is 1. The lowest BCUT2D eigenvalue weighted by molar-refractivity contribution is 0.617. The molecule has 3 aromatic rings. The van der Waals surface area contributed by atoms with Gasteiger partial charge in [-0.2, -0.15) is 0 Å². The molecule has 1 heterocycles. The molecule has 0 aliphatic rings. The summed E-state index contributed by atoms with van der Waals surface area (Å²) in [5.74, 6) is -0.795. The van der Waals surface area contributed by atoms with E-state index in [1.54, 1.807) is 19.1 Å². The van der Waals surface area contributed by atoms with E-state index in [1.807, 2.05) is 0 Å². The number of hydrogen-bond donors (Lipinski definition) is 1. The average Bonchev–Trinajstić information content (AvgIpc) is 2.69. The molecule has 6 heteroatoms. The number of halogens is 3. The summed E-state index contributed by atoms with van der Waals surface area (Å²) >= 11 is 5.72. The Kier molecular flexibility index (Phi) is 2.87. The molecule has 0 bridgehead atoms. The third-order valence-electron chi connectivity index (χ3n) is 3.14. The Morgan fingerprint density at radius 3 is 2.60 bits per heavy atom. The molecular formula is C14H10ClF2N3. The van der Waals surface area contributed by atoms with E-state index in [9.17, 15) is 8.78 Å². The summed E-state index contributed by atoms with van der Waals surface area (Å²) in [6.07, 6.45) is 0. The van der Waals surface area contributed by atoms with Crippen LogP contribution in [0.15, 0.2) is 30.3 Å². The smallest absolute Gasteiger partial charge is 0.205 e. The van der Waals surface area contributed by atoms with Crippen molar-refractivity contribution in [3.63, 3.8) is 0 Å². The zero-order valence-corrected chi connectivity index (χ0v) is 11.2. The van der Waals surface area contributed by atoms with Gasteiger partial charge in [-0.1, -0.05) is 17.7 Å². The first kappa shape index (κ1) is 12.9. The van der Waals surface area contributed by atoms with Crippen molar-refractivity contribution < 1.29 is 8.78 Å². The van der Waals surface area contributed by atoms with Gasteiger partial charge in [0.2, 0.25) is 5.95 Å². The summed E-state index contributed by atoms with van der Waals surface area (Å²) in [5, 5.41) is -0.0303. The van der Waals surface area contributed by atoms with Crippen LogP contribution < -0.4 is 5.73 Å². The van der Waals surface area contributed by atoms with E-state index in [0.29, 0.717) is 22.3 Å². The molecule has 102 valence electrons. The second-order valence-corrected chi connectivity index (χ2v) is 4.90. The van der Waals surface area contributed by atoms with Crippen LogP contribution in [0.4, 0.5) is 14.7 Å². The Balaban J connectivity index is 2.32. The van der Waals surface area contributed by atoms with Gasteiger partial charge in [-0.15, -0.1) is 0 Å². The fourth-order valence-corrected chi connectivity index (χ4v) is 2.24. The van der Waals surface area contributed by atoms with Crippen molar-refractivity contribution in [3.05, 3.63) is 52.6 Å². The van der Waals surface area contributed by atoms with Crippen molar-refractivity contribution in [1.82, 2.24) is 9.55 Å². The molecule has 3 rings (SSSR count). The molecule has 0 fully saturated rings. The van der Waals surface area contributed by atoms with Gasteiger partial charge < -0.3 is 5.73 Å². The Morgan fingerprint density at radius 1 is 1.15 bits per heavy atom. The first-order chi connectivity index (χ1) is 9.47. The van der Waals surface area contributed by atoms with E-state index in [1.165, 1.54) is 22.8 Å². The zero-order chi connectivity index (χ0) is 14.4. The molecule has 0 aliphatic heterocycles. The minimum absolute atomic E-state index is 0.0303. The normalized spacial score (nSPS) is 11.2. The number of rotatable bonds is 1. The van der Waals surface area contributed by atoms with Crippen LogP contribution in [-0.2, 0) is 0 Å². The highest BCUT2D eigenvalue weighted by atomic mass is 35.5. The summed E-state index contributed by atoms with van der Waals surface area (Å²) in [5.41, 5.74) is 7.73. The Hall–Kier alpha value is -2.14. The number of hydrogen-bond acceptors (Lipinski definition) is 2. The van der Waals surface area contributed by atoms with Gasteiger partial charge in [0.15, 0.2) is 0 Å². The van der Waals surface area contributed by atoms with Gasteiger partial charge in [0.1, 0.15) is 11.6 Å². The van der Waals surface area contributed by atoms with Gasteiger partial charge in [0, 0.05) is 6.07 Å². The molecule has 0 saturated carbocycles. The highest BCUT2D eigenvalue weighted by Crippen LogP contribution is 2.28. The molecule has 0 radical (unpaired) electrons. The van der Waals surface area contributed by atoms with Crippen molar-refractivity contribution in [1.29, 1.82) is 0 Å². The van der Waals surface area contributed by atoms with Crippen LogP contribution in [0.1, 0.15) is 5.56 Å². The van der Waals surface area contributed by atoms with Crippen LogP contribution in [0.5, 0.6) is 0 Å². The third-order valence-corrected chi connectivity index (χ3v) is 3.43. The van der Waals surface area contributed by atoms with Crippen LogP contribution in [0, 0.1) is 18.6 Å². The monoisotopic (exact) mass is 293 g/mol. The molecule has 1 aromatic heterocycles. The van der Waals surface area contributed by atoms with Gasteiger partial charge in [-0.25, -0.2) is 13.8 Å². The number of imidazole rings is 1. The number of nitrogen functional groups attached to an aromatic ring is 1. The standard InChI is InChI=1S/C14H10ClF2N3/c1-7-2-3-8(4-10(7)16)20-13-6-11(17)9(15)5-12(13)19-14(20)18/h2-6H,1H3,(H2,18,19). The summed E-state index contributed by atoms with van der Waals surface area (Å²) in [6.45, 7) is 1.66. The largest absolute Gasteiger partial charge is 0.369 e. The average molecular weight is 294 g/mol. The SMILES string of the molecule is Cc1ccc(-n2c(N)nc3cc(Cl)c(F)cc32)cc1F. The molecule has 3 nitrogen and oxygen atoms in total. The predicted molar refractivity (Wildman–Crippen MR) is 75.1 cm³/mol. The van der Waals surface area contributed by atoms with E-state index < -0.39 is 5.82 Å². The van der Waals surface area contributed by atoms with E-state index in [2.05, 4.69) is 4.98 Å². The molecular weight excluding hydrogens is 284 g/mol. The molecule has 2 N–H and O–H groups in total. The lowest BCUT2D eigenvalue weighted by atomic mass is 10.2. The Bertz CT molecular complexity index is 827. The minimum atomic E-state index is -0.576. The van der Waals surface area contributed by atoms with Crippen molar-refractivity contribution in [2.24, 2.45) is 0 Å². The predicted octanol–water partition coefficient (Wildman–Crippen LogP) is 3.85. The molecule has 0 atom stereocenters. The van der Waals surface area contributed by atoms with Crippen LogP contribution in [-0.4, -0.2) is 9.55 Å². The van der Waals surface area contributed by atoms with Gasteiger partial charge in [-0.3, -0.25) is 4.57 Å². The maximum Gasteiger partial charge on any atom is 0.205 e. The minimum Gasteiger partial charge on any atom is -0.369 e. The maximum atomic E-state index is 13.7. The highest BCUT2D eigenvalue weighted by molar-refractivity contribution is 6.31. The molecule has 20 heavy (non-hydrogen) atoms. The van der Waals surface area contributed by atoms with Crippen molar-refractivity contribution in [2.75, 3.05) is 5.73 Å². The first-order valence-corrected chi connectivity index (χ1v) is 6.24. The van der Waals surface area contributed by atoms with Gasteiger partial charge in [0.25, 0.3) is 0 Å². The van der Waals surface area contributed by atoms with Crippen LogP contribution in [0.2, 0.25) is 5.02 Å². The number of aryl methyl sites for hydroxylation is 1. The number of nitrogens with zero attached hydrogens (tertiary/aromatic N) is 2. The second kappa shape index (κ2) is 4.45. The molecule has 2 aromatic carbocycles. The van der Waals surface area contributed by atoms with Crippen LogP contribution in [0.3, 0.4) is 0 Å². The van der Waals surface area contributed by atoms with Crippen molar-refractivity contribution in [3.8, 4) is 5.69 Å². The first-order valence-electron chi connectivity index (χ1n) is 5.87. The van der Waals surface area contributed by atoms with Crippen molar-refractivity contribution in [2.45, 2.75) is 6.92 Å². The number of nitrogens with two attached hydrogens (primary N) is 1. The van der Waals surface area contributed by atoms with Crippen molar-refractivity contribution >= 4 is 28.6 Å². The third kappa shape index (κ3) is 1.91. The molecule has 0 aliphatic carbocycles. The lowest BCUT2D eigenvalue weighted by Crippen LogP contribution is -2.01. The van der Waals surface area contributed by atoms with E-state index in [0.717, 1.165) is 0 Å². The zero-order valence-electron chi connectivity index (χ0n) is 10.5. The molecule has 0 saturated heterocycles. The summed E-state index contributed by atoms with van der Waals surface area (Å²) < 4.78 is 28.8. The Labute approximate surface area is 118 Å². The van der Waals surface area contributed by atoms with E-state index in [4.69, 9.17) is 17.3 Å². The number of benzene rings is 2. The van der Waals surface area contributed by atoms with Crippen LogP contribution in [0.25, 0.3) is 16.7 Å². The quantitative estimate of drug-likeness (QED) is 0.740. The summed E-state index contributed by atoms with van der Waals surface area (Å²) in [4.78, 5) is 4.11. The van der Waals surface area contributed by atoms with E-state index in [-0.39, 0.29) is 16.8 Å². The fourth-order valence-electron chi connectivity index (χ4n) is 2.08. The maximum absolute atomic E-state index is 13.7. The van der Waals surface area contributed by atoms with E-state index >= 15 is 0 Å². The summed E-state index contributed by atoms with van der Waals surface area (Å²) in [6, 6.07) is 7.28. The second-order valence-electron chi connectivity index (χ2n) is 4.49. The Morgan fingerprint density at radius 2 is 1.90 bits per heavy atom. The molecule has 0 spiro atoms. The fraction of sp³-hybridized carbons (Fsp3) is 0.0714.